The lowest BCUT2D eigenvalue weighted by atomic mass is 9.86. The number of fused-ring (bicyclic) bond motifs is 3. The number of benzene rings is 9. The third-order valence-electron chi connectivity index (χ3n) is 7.51. The fourth-order valence-electron chi connectivity index (χ4n) is 5.67. The summed E-state index contributed by atoms with van der Waals surface area (Å²) in [6.07, 6.45) is 0. The first-order valence-corrected chi connectivity index (χ1v) is 12.9. The van der Waals surface area contributed by atoms with Gasteiger partial charge in [0.05, 0.1) is 32.9 Å². The standard InChI is InChI=1S/C42H24O/c1-2-10-30-28(7-1)23-29(31-21-22-39-42-34(31)12-6-13-35(42)33-11-3-4-14-38(33)43-39)24-37(30)32-19-17-27-16-15-25-8-5-9-26-18-20-36(32)41(27)40(25)26/h1-24H/i1D,2D,3D,4D,5D,6D,7D,8D,9D,10D,11D,12D,13D,14D,15D,16D,17D,18D,19D,20D,21D,22D,23D,24D. The fraction of sp³-hybridized carbons (Fsp3) is 0. The van der Waals surface area contributed by atoms with Gasteiger partial charge in [0.25, 0.3) is 0 Å². The van der Waals surface area contributed by atoms with E-state index in [1.54, 1.807) is 0 Å². The van der Waals surface area contributed by atoms with Crippen LogP contribution in [-0.2, 0) is 0 Å². The highest BCUT2D eigenvalue weighted by atomic mass is 16.5. The molecule has 1 heteroatoms. The summed E-state index contributed by atoms with van der Waals surface area (Å²) in [7, 11) is 0. The zero-order chi connectivity index (χ0) is 49.0. The van der Waals surface area contributed by atoms with Crippen molar-refractivity contribution in [1.82, 2.24) is 0 Å². The molecule has 0 atom stereocenters. The molecule has 0 aliphatic carbocycles. The summed E-state index contributed by atoms with van der Waals surface area (Å²) >= 11 is 0. The van der Waals surface area contributed by atoms with Gasteiger partial charge in [0.2, 0.25) is 0 Å². The number of rotatable bonds is 2. The van der Waals surface area contributed by atoms with Gasteiger partial charge in [-0.3, -0.25) is 0 Å². The average molecular weight is 569 g/mol. The minimum Gasteiger partial charge on any atom is -0.456 e. The van der Waals surface area contributed by atoms with Crippen LogP contribution in [0.2, 0.25) is 0 Å². The lowest BCUT2D eigenvalue weighted by molar-refractivity contribution is 0.487. The molecule has 0 spiro atoms. The van der Waals surface area contributed by atoms with E-state index in [4.69, 9.17) is 25.3 Å². The molecule has 9 aromatic rings. The number of para-hydroxylation sites is 1. The molecule has 0 aromatic heterocycles. The maximum atomic E-state index is 10.0. The van der Waals surface area contributed by atoms with Crippen LogP contribution in [0, 0.1) is 0 Å². The van der Waals surface area contributed by atoms with Crippen LogP contribution in [-0.4, -0.2) is 0 Å². The van der Waals surface area contributed by atoms with Crippen LogP contribution < -0.4 is 4.74 Å². The average Bonchev–Trinajstić information content (AvgIpc) is 3.29. The topological polar surface area (TPSA) is 9.23 Å². The Morgan fingerprint density at radius 3 is 1.93 bits per heavy atom. The second-order valence-electron chi connectivity index (χ2n) is 9.76. The van der Waals surface area contributed by atoms with Crippen molar-refractivity contribution < 1.29 is 37.6 Å². The molecule has 0 N–H and O–H groups in total. The molecule has 0 radical (unpaired) electrons. The summed E-state index contributed by atoms with van der Waals surface area (Å²) < 4.78 is 222. The van der Waals surface area contributed by atoms with Crippen molar-refractivity contribution in [3.05, 3.63) is 145 Å². The van der Waals surface area contributed by atoms with E-state index in [-0.39, 0.29) is 10.8 Å². The molecule has 1 aliphatic heterocycles. The van der Waals surface area contributed by atoms with Crippen LogP contribution in [0.4, 0.5) is 0 Å². The van der Waals surface area contributed by atoms with Crippen LogP contribution in [0.3, 0.4) is 0 Å². The third-order valence-corrected chi connectivity index (χ3v) is 7.51. The fourth-order valence-corrected chi connectivity index (χ4v) is 5.67. The summed E-state index contributed by atoms with van der Waals surface area (Å²) in [5.74, 6) is -1.14. The Kier molecular flexibility index (Phi) is 1.96. The van der Waals surface area contributed by atoms with E-state index in [9.17, 15) is 12.3 Å². The van der Waals surface area contributed by atoms with E-state index in [1.807, 2.05) is 0 Å². The molecule has 0 saturated heterocycles. The van der Waals surface area contributed by atoms with E-state index in [0.29, 0.717) is 0 Å². The molecular formula is C42H24O. The van der Waals surface area contributed by atoms with Crippen LogP contribution in [0.5, 0.6) is 11.5 Å². The molecule has 0 bridgehead atoms. The summed E-state index contributed by atoms with van der Waals surface area (Å²) in [6, 6.07) is -19.5. The molecule has 9 aromatic carbocycles. The lowest BCUT2D eigenvalue weighted by Crippen LogP contribution is -1.97. The highest BCUT2D eigenvalue weighted by Crippen LogP contribution is 2.49. The van der Waals surface area contributed by atoms with Crippen LogP contribution >= 0.6 is 0 Å². The van der Waals surface area contributed by atoms with E-state index in [0.717, 1.165) is 0 Å². The minimum absolute atomic E-state index is 0.273. The second kappa shape index (κ2) is 8.44. The third kappa shape index (κ3) is 3.17. The van der Waals surface area contributed by atoms with Crippen molar-refractivity contribution in [2.75, 3.05) is 0 Å². The van der Waals surface area contributed by atoms with Gasteiger partial charge in [-0.25, -0.2) is 0 Å². The SMILES string of the molecule is [2H]c1c([2H])c([2H])c2c(c1[2H])Oc1c([2H])c([2H])c(-c3c([2H])c(-c4c([2H])c([2H])c5c([2H])c([2H])c6c([2H])c([2H])c([2H])c7c([2H])c([2H])c4c5c67)c4c([2H])c([2H])c([2H])c([2H])c4c3[2H])c3c([2H])c([2H])c([2H])c-2c13. The quantitative estimate of drug-likeness (QED) is 0.188. The van der Waals surface area contributed by atoms with Gasteiger partial charge in [-0.1, -0.05) is 121 Å². The molecule has 0 saturated carbocycles. The van der Waals surface area contributed by atoms with Crippen molar-refractivity contribution in [3.63, 3.8) is 0 Å². The van der Waals surface area contributed by atoms with Gasteiger partial charge < -0.3 is 4.74 Å². The van der Waals surface area contributed by atoms with Gasteiger partial charge in [-0.05, 0) is 100 Å². The number of hydrogen-bond donors (Lipinski definition) is 0. The molecule has 1 heterocycles. The van der Waals surface area contributed by atoms with Crippen molar-refractivity contribution in [2.24, 2.45) is 0 Å². The second-order valence-corrected chi connectivity index (χ2v) is 9.76. The van der Waals surface area contributed by atoms with Gasteiger partial charge in [0, 0.05) is 10.9 Å². The summed E-state index contributed by atoms with van der Waals surface area (Å²) in [6.45, 7) is 0. The maximum Gasteiger partial charge on any atom is 0.135 e. The zero-order valence-electron chi connectivity index (χ0n) is 45.4. The van der Waals surface area contributed by atoms with Crippen LogP contribution in [0.15, 0.2) is 145 Å². The zero-order valence-corrected chi connectivity index (χ0v) is 21.4. The Hall–Kier alpha value is -5.66. The molecule has 1 nitrogen and oxygen atoms in total. The summed E-state index contributed by atoms with van der Waals surface area (Å²) in [5, 5.41) is -4.61. The first-order chi connectivity index (χ1) is 31.3. The predicted octanol–water partition coefficient (Wildman–Crippen LogP) is 12.0. The van der Waals surface area contributed by atoms with Crippen LogP contribution in [0.25, 0.3) is 87.2 Å². The Balaban J connectivity index is 1.51. The predicted molar refractivity (Wildman–Crippen MR) is 182 cm³/mol. The van der Waals surface area contributed by atoms with Gasteiger partial charge in [-0.15, -0.1) is 0 Å². The van der Waals surface area contributed by atoms with E-state index in [2.05, 4.69) is 0 Å². The molecular weight excluding hydrogens is 520 g/mol. The number of hydrogen-bond acceptors (Lipinski definition) is 1. The van der Waals surface area contributed by atoms with E-state index >= 15 is 0 Å². The maximum absolute atomic E-state index is 10.0. The Morgan fingerprint density at radius 1 is 0.349 bits per heavy atom. The smallest absolute Gasteiger partial charge is 0.135 e. The van der Waals surface area contributed by atoms with E-state index in [1.165, 1.54) is 0 Å². The van der Waals surface area contributed by atoms with Gasteiger partial charge in [0.1, 0.15) is 11.5 Å². The molecule has 43 heavy (non-hydrogen) atoms. The molecule has 0 amide bonds. The molecule has 1 aliphatic rings. The lowest BCUT2D eigenvalue weighted by Gasteiger charge is -2.23. The van der Waals surface area contributed by atoms with Gasteiger partial charge >= 0.3 is 0 Å². The highest BCUT2D eigenvalue weighted by Gasteiger charge is 2.22. The van der Waals surface area contributed by atoms with Crippen molar-refractivity contribution in [1.29, 1.82) is 0 Å². The Labute approximate surface area is 282 Å². The summed E-state index contributed by atoms with van der Waals surface area (Å²) in [5.41, 5.74) is -3.66. The normalized spacial score (nSPS) is 20.2. The van der Waals surface area contributed by atoms with Crippen molar-refractivity contribution in [2.45, 2.75) is 0 Å². The Bertz CT molecular complexity index is 3910. The largest absolute Gasteiger partial charge is 0.456 e. The highest BCUT2D eigenvalue weighted by molar-refractivity contribution is 6.26. The first kappa shape index (κ1) is 9.97. The Morgan fingerprint density at radius 2 is 1.00 bits per heavy atom. The molecule has 10 rings (SSSR count). The minimum atomic E-state index is -0.968. The van der Waals surface area contributed by atoms with Crippen molar-refractivity contribution >= 4 is 53.9 Å². The van der Waals surface area contributed by atoms with Gasteiger partial charge in [-0.2, -0.15) is 0 Å². The summed E-state index contributed by atoms with van der Waals surface area (Å²) in [4.78, 5) is 0. The van der Waals surface area contributed by atoms with Crippen molar-refractivity contribution in [3.8, 4) is 44.9 Å². The molecule has 0 fully saturated rings. The monoisotopic (exact) mass is 568 g/mol. The van der Waals surface area contributed by atoms with Crippen LogP contribution in [0.1, 0.15) is 32.9 Å². The molecule has 198 valence electrons. The van der Waals surface area contributed by atoms with E-state index < -0.39 is 233 Å². The first-order valence-electron chi connectivity index (χ1n) is 24.9. The number of ether oxygens (including phenoxy) is 1. The van der Waals surface area contributed by atoms with Gasteiger partial charge in [0.15, 0.2) is 0 Å². The molecule has 0 unspecified atom stereocenters.